The first-order chi connectivity index (χ1) is 14.8. The van der Waals surface area contributed by atoms with E-state index in [1.807, 2.05) is 39.2 Å². The average Bonchev–Trinajstić information content (AvgIpc) is 3.27. The first-order valence-corrected chi connectivity index (χ1v) is 10.2. The Morgan fingerprint density at radius 2 is 1.87 bits per heavy atom. The molecule has 0 spiro atoms. The van der Waals surface area contributed by atoms with E-state index < -0.39 is 12.0 Å². The van der Waals surface area contributed by atoms with Crippen LogP contribution in [0.3, 0.4) is 0 Å². The van der Waals surface area contributed by atoms with Crippen LogP contribution in [0.4, 0.5) is 5.69 Å². The van der Waals surface area contributed by atoms with Crippen molar-refractivity contribution in [2.75, 3.05) is 25.5 Å². The number of aliphatic hydroxyl groups excluding tert-OH is 1. The number of rotatable bonds is 7. The average molecular weight is 418 g/mol. The van der Waals surface area contributed by atoms with Crippen molar-refractivity contribution in [1.82, 2.24) is 5.32 Å². The molecule has 1 unspecified atom stereocenters. The zero-order chi connectivity index (χ0) is 22.5. The summed E-state index contributed by atoms with van der Waals surface area (Å²) >= 11 is 0. The highest BCUT2D eigenvalue weighted by molar-refractivity contribution is 6.04. The van der Waals surface area contributed by atoms with Crippen molar-refractivity contribution < 1.29 is 14.3 Å². The van der Waals surface area contributed by atoms with Crippen LogP contribution in [0.2, 0.25) is 0 Å². The molecule has 3 aromatic rings. The second kappa shape index (κ2) is 9.50. The molecule has 1 aromatic heterocycles. The Morgan fingerprint density at radius 1 is 1.16 bits per heavy atom. The molecule has 2 aromatic carbocycles. The molecule has 0 saturated carbocycles. The Bertz CT molecular complexity index is 1170. The summed E-state index contributed by atoms with van der Waals surface area (Å²) in [5.74, 6) is 0.598. The van der Waals surface area contributed by atoms with Crippen molar-refractivity contribution in [2.24, 2.45) is 0 Å². The van der Waals surface area contributed by atoms with E-state index in [4.69, 9.17) is 4.42 Å². The molecule has 0 aliphatic rings. The quantitative estimate of drug-likeness (QED) is 0.441. The number of nitriles is 1. The van der Waals surface area contributed by atoms with Gasteiger partial charge in [0.05, 0.1) is 6.10 Å². The van der Waals surface area contributed by atoms with Gasteiger partial charge >= 0.3 is 0 Å². The fourth-order valence-corrected chi connectivity index (χ4v) is 3.23. The summed E-state index contributed by atoms with van der Waals surface area (Å²) in [6.07, 6.45) is -0.115. The molecule has 0 aliphatic carbocycles. The molecule has 6 nitrogen and oxygen atoms in total. The zero-order valence-corrected chi connectivity index (χ0v) is 18.3. The minimum absolute atomic E-state index is 0.0288. The van der Waals surface area contributed by atoms with Crippen molar-refractivity contribution in [1.29, 1.82) is 5.26 Å². The van der Waals surface area contributed by atoms with Gasteiger partial charge in [0.2, 0.25) is 0 Å². The molecule has 0 bridgehead atoms. The summed E-state index contributed by atoms with van der Waals surface area (Å²) in [6.45, 7) is 3.60. The van der Waals surface area contributed by atoms with Crippen molar-refractivity contribution in [2.45, 2.75) is 26.4 Å². The van der Waals surface area contributed by atoms with Crippen LogP contribution in [-0.2, 0) is 4.79 Å². The lowest BCUT2D eigenvalue weighted by Crippen LogP contribution is -2.32. The fourth-order valence-electron chi connectivity index (χ4n) is 3.23. The summed E-state index contributed by atoms with van der Waals surface area (Å²) in [6, 6.07) is 17.9. The Morgan fingerprint density at radius 3 is 2.55 bits per heavy atom. The maximum Gasteiger partial charge on any atom is 0.262 e. The van der Waals surface area contributed by atoms with Gasteiger partial charge < -0.3 is 19.7 Å². The molecule has 2 N–H and O–H groups in total. The fraction of sp³-hybridized carbons (Fsp3) is 0.280. The maximum atomic E-state index is 12.4. The Hall–Kier alpha value is -3.56. The van der Waals surface area contributed by atoms with Crippen molar-refractivity contribution in [3.8, 4) is 17.4 Å². The molecular weight excluding hydrogens is 390 g/mol. The molecule has 0 fully saturated rings. The lowest BCUT2D eigenvalue weighted by molar-refractivity contribution is -0.117. The molecule has 1 amide bonds. The first-order valence-electron chi connectivity index (χ1n) is 10.2. The smallest absolute Gasteiger partial charge is 0.262 e. The summed E-state index contributed by atoms with van der Waals surface area (Å²) in [4.78, 5) is 14.4. The molecule has 0 radical (unpaired) electrons. The Labute approximate surface area is 182 Å². The highest BCUT2D eigenvalue weighted by Crippen LogP contribution is 2.30. The summed E-state index contributed by atoms with van der Waals surface area (Å²) in [7, 11) is 4.02. The Balaban J connectivity index is 1.87. The largest absolute Gasteiger partial charge is 0.456 e. The number of benzene rings is 2. The number of carbonyl (C=O) groups is 1. The number of nitrogens with one attached hydrogen (secondary N) is 1. The van der Waals surface area contributed by atoms with Gasteiger partial charge in [-0.15, -0.1) is 0 Å². The molecule has 0 aliphatic heterocycles. The number of fused-ring (bicyclic) bond motifs is 1. The first kappa shape index (κ1) is 22.1. The number of hydrogen-bond acceptors (Lipinski definition) is 5. The van der Waals surface area contributed by atoms with Crippen LogP contribution in [0.5, 0.6) is 0 Å². The lowest BCUT2D eigenvalue weighted by Gasteiger charge is -2.13. The van der Waals surface area contributed by atoms with Crippen LogP contribution in [-0.4, -0.2) is 37.8 Å². The maximum absolute atomic E-state index is 12.4. The minimum Gasteiger partial charge on any atom is -0.456 e. The van der Waals surface area contributed by atoms with E-state index in [-0.39, 0.29) is 12.1 Å². The predicted molar refractivity (Wildman–Crippen MR) is 123 cm³/mol. The lowest BCUT2D eigenvalue weighted by atomic mass is 10.0. The summed E-state index contributed by atoms with van der Waals surface area (Å²) in [5.41, 5.74) is 2.47. The normalized spacial score (nSPS) is 12.8. The molecule has 3 rings (SSSR count). The van der Waals surface area contributed by atoms with Gasteiger partial charge in [-0.05, 0) is 54.4 Å². The number of anilines is 1. The molecule has 6 heteroatoms. The van der Waals surface area contributed by atoms with Gasteiger partial charge in [-0.3, -0.25) is 4.79 Å². The van der Waals surface area contributed by atoms with Crippen molar-refractivity contribution in [3.05, 3.63) is 59.9 Å². The van der Waals surface area contributed by atoms with Crippen molar-refractivity contribution in [3.63, 3.8) is 0 Å². The van der Waals surface area contributed by atoms with Crippen LogP contribution in [0.25, 0.3) is 27.7 Å². The van der Waals surface area contributed by atoms with Crippen LogP contribution in [0, 0.1) is 11.3 Å². The molecule has 160 valence electrons. The van der Waals surface area contributed by atoms with Gasteiger partial charge in [-0.1, -0.05) is 25.1 Å². The third-order valence-electron chi connectivity index (χ3n) is 5.28. The SMILES string of the molecule is CCC(O)CNC(=O)/C(C#N)=C(\C)c1ccc(-c2ccc3cc(N(C)C)ccc3c2)o1. The molecular formula is C25H27N3O3. The highest BCUT2D eigenvalue weighted by Gasteiger charge is 2.17. The van der Waals surface area contributed by atoms with E-state index in [2.05, 4.69) is 40.5 Å². The standard InChI is InChI=1S/C25H27N3O3/c1-5-21(29)15-27-25(30)22(14-26)16(2)23-10-11-24(31-23)19-7-6-18-13-20(28(3)4)9-8-17(18)12-19/h6-13,21,29H,5,15H2,1-4H3,(H,27,30)/b22-16+. The van der Waals surface area contributed by atoms with E-state index >= 15 is 0 Å². The number of amides is 1. The highest BCUT2D eigenvalue weighted by atomic mass is 16.3. The molecule has 0 saturated heterocycles. The number of carbonyl (C=O) groups excluding carboxylic acids is 1. The van der Waals surface area contributed by atoms with Gasteiger partial charge in [0.1, 0.15) is 23.2 Å². The van der Waals surface area contributed by atoms with E-state index in [0.717, 1.165) is 22.0 Å². The van der Waals surface area contributed by atoms with Crippen molar-refractivity contribution >= 4 is 27.9 Å². The van der Waals surface area contributed by atoms with E-state index in [1.165, 1.54) is 0 Å². The topological polar surface area (TPSA) is 89.5 Å². The van der Waals surface area contributed by atoms with Gasteiger partial charge in [0.15, 0.2) is 0 Å². The van der Waals surface area contributed by atoms with E-state index in [0.29, 0.717) is 23.5 Å². The van der Waals surface area contributed by atoms with Crippen LogP contribution in [0.15, 0.2) is 58.5 Å². The zero-order valence-electron chi connectivity index (χ0n) is 18.3. The molecule has 1 heterocycles. The second-order valence-corrected chi connectivity index (χ2v) is 7.69. The number of aliphatic hydroxyl groups is 1. The molecule has 1 atom stereocenters. The van der Waals surface area contributed by atoms with Gasteiger partial charge in [-0.25, -0.2) is 0 Å². The van der Waals surface area contributed by atoms with Crippen LogP contribution < -0.4 is 10.2 Å². The number of hydrogen-bond donors (Lipinski definition) is 2. The minimum atomic E-state index is -0.638. The summed E-state index contributed by atoms with van der Waals surface area (Å²) in [5, 5.41) is 23.9. The Kier molecular flexibility index (Phi) is 6.78. The van der Waals surface area contributed by atoms with Gasteiger partial charge in [-0.2, -0.15) is 5.26 Å². The summed E-state index contributed by atoms with van der Waals surface area (Å²) < 4.78 is 5.98. The van der Waals surface area contributed by atoms with E-state index in [9.17, 15) is 15.2 Å². The van der Waals surface area contributed by atoms with Gasteiger partial charge in [0.25, 0.3) is 5.91 Å². The number of furan rings is 1. The number of nitrogens with zero attached hydrogens (tertiary/aromatic N) is 2. The monoisotopic (exact) mass is 417 g/mol. The predicted octanol–water partition coefficient (Wildman–Crippen LogP) is 4.35. The van der Waals surface area contributed by atoms with Gasteiger partial charge in [0, 0.05) is 37.5 Å². The third kappa shape index (κ3) is 4.96. The van der Waals surface area contributed by atoms with E-state index in [1.54, 1.807) is 13.0 Å². The second-order valence-electron chi connectivity index (χ2n) is 7.69. The van der Waals surface area contributed by atoms with Crippen LogP contribution >= 0.6 is 0 Å². The third-order valence-corrected chi connectivity index (χ3v) is 5.28. The number of allylic oxidation sites excluding steroid dienone is 1. The molecule has 31 heavy (non-hydrogen) atoms. The van der Waals surface area contributed by atoms with Crippen LogP contribution in [0.1, 0.15) is 26.0 Å².